The lowest BCUT2D eigenvalue weighted by Crippen LogP contribution is -2.36. The van der Waals surface area contributed by atoms with Gasteiger partial charge in [0.2, 0.25) is 0 Å². The van der Waals surface area contributed by atoms with E-state index in [1.807, 2.05) is 30.7 Å². The van der Waals surface area contributed by atoms with Crippen molar-refractivity contribution in [3.63, 3.8) is 0 Å². The van der Waals surface area contributed by atoms with E-state index in [9.17, 15) is 17.6 Å². The van der Waals surface area contributed by atoms with Gasteiger partial charge < -0.3 is 15.2 Å². The molecule has 164 valence electrons. The van der Waals surface area contributed by atoms with Gasteiger partial charge in [-0.2, -0.15) is 0 Å². The van der Waals surface area contributed by atoms with Gasteiger partial charge in [0, 0.05) is 36.8 Å². The van der Waals surface area contributed by atoms with Gasteiger partial charge in [-0.3, -0.25) is 0 Å². The van der Waals surface area contributed by atoms with E-state index < -0.39 is 15.9 Å². The lowest BCUT2D eigenvalue weighted by atomic mass is 10.0. The number of carbonyl (C=O) groups is 1. The van der Waals surface area contributed by atoms with Crippen LogP contribution < -0.4 is 5.73 Å². The molecule has 2 amide bonds. The monoisotopic (exact) mass is 443 g/mol. The third kappa shape index (κ3) is 4.96. The first-order valence-electron chi connectivity index (χ1n) is 9.93. The molecule has 0 aliphatic carbocycles. The Bertz CT molecular complexity index is 1200. The van der Waals surface area contributed by atoms with Crippen LogP contribution in [-0.2, 0) is 16.3 Å². The molecular formula is C23H26FN3O3S. The van der Waals surface area contributed by atoms with Gasteiger partial charge in [0.25, 0.3) is 0 Å². The van der Waals surface area contributed by atoms with Crippen LogP contribution in [0.25, 0.3) is 16.9 Å². The van der Waals surface area contributed by atoms with E-state index in [1.165, 1.54) is 18.4 Å². The van der Waals surface area contributed by atoms with E-state index in [4.69, 9.17) is 5.73 Å². The Balaban J connectivity index is 2.17. The lowest BCUT2D eigenvalue weighted by molar-refractivity contribution is 0.211. The number of rotatable bonds is 7. The number of nitrogens with two attached hydrogens (primary N) is 1. The summed E-state index contributed by atoms with van der Waals surface area (Å²) in [5, 5.41) is 0. The van der Waals surface area contributed by atoms with Crippen molar-refractivity contribution in [1.29, 1.82) is 0 Å². The lowest BCUT2D eigenvalue weighted by Gasteiger charge is -2.19. The minimum absolute atomic E-state index is 0.221. The van der Waals surface area contributed by atoms with E-state index in [-0.39, 0.29) is 10.7 Å². The summed E-state index contributed by atoms with van der Waals surface area (Å²) in [5.74, 6) is -0.340. The average Bonchev–Trinajstić information content (AvgIpc) is 3.12. The molecule has 1 heterocycles. The first-order valence-corrected chi connectivity index (χ1v) is 11.8. The van der Waals surface area contributed by atoms with Crippen LogP contribution in [-0.4, -0.2) is 43.3 Å². The zero-order valence-corrected chi connectivity index (χ0v) is 18.6. The number of carbonyl (C=O) groups excluding carboxylic acids is 1. The van der Waals surface area contributed by atoms with Gasteiger partial charge in [-0.05, 0) is 73.9 Å². The highest BCUT2D eigenvalue weighted by atomic mass is 32.2. The van der Waals surface area contributed by atoms with Crippen molar-refractivity contribution in [3.05, 3.63) is 71.7 Å². The van der Waals surface area contributed by atoms with Gasteiger partial charge in [0.1, 0.15) is 5.82 Å². The molecule has 0 bridgehead atoms. The molecular weight excluding hydrogens is 417 g/mol. The smallest absolute Gasteiger partial charge is 0.314 e. The molecule has 0 spiro atoms. The van der Waals surface area contributed by atoms with Crippen LogP contribution in [0.5, 0.6) is 0 Å². The molecule has 0 aliphatic rings. The SMILES string of the molecule is CCN(CCc1ccn(-c2ccc(F)cc2)c1-c1cc(S(C)(=O)=O)ccc1C)C(N)=O. The van der Waals surface area contributed by atoms with E-state index in [0.717, 1.165) is 28.1 Å². The Morgan fingerprint density at radius 2 is 1.81 bits per heavy atom. The minimum atomic E-state index is -3.40. The Morgan fingerprint density at radius 3 is 2.39 bits per heavy atom. The first-order chi connectivity index (χ1) is 14.6. The largest absolute Gasteiger partial charge is 0.351 e. The van der Waals surface area contributed by atoms with Crippen LogP contribution in [0.4, 0.5) is 9.18 Å². The number of aryl methyl sites for hydroxylation is 1. The van der Waals surface area contributed by atoms with Crippen molar-refractivity contribution in [2.75, 3.05) is 19.3 Å². The molecule has 3 aromatic rings. The second-order valence-electron chi connectivity index (χ2n) is 7.45. The molecule has 3 rings (SSSR count). The Kier molecular flexibility index (Phi) is 6.50. The summed E-state index contributed by atoms with van der Waals surface area (Å²) in [6.07, 6.45) is 3.57. The number of halogens is 1. The quantitative estimate of drug-likeness (QED) is 0.600. The molecule has 2 aromatic carbocycles. The highest BCUT2D eigenvalue weighted by molar-refractivity contribution is 7.90. The average molecular weight is 444 g/mol. The molecule has 8 heteroatoms. The molecule has 2 N–H and O–H groups in total. The third-order valence-electron chi connectivity index (χ3n) is 5.31. The predicted octanol–water partition coefficient (Wildman–Crippen LogP) is 3.94. The fraction of sp³-hybridized carbons (Fsp3) is 0.261. The molecule has 0 aliphatic heterocycles. The number of primary amides is 1. The topological polar surface area (TPSA) is 85.4 Å². The zero-order chi connectivity index (χ0) is 22.8. The van der Waals surface area contributed by atoms with Gasteiger partial charge in [0.05, 0.1) is 10.6 Å². The number of hydrogen-bond donors (Lipinski definition) is 1. The van der Waals surface area contributed by atoms with Crippen molar-refractivity contribution >= 4 is 15.9 Å². The normalized spacial score (nSPS) is 11.5. The minimum Gasteiger partial charge on any atom is -0.351 e. The molecule has 31 heavy (non-hydrogen) atoms. The Labute approximate surface area is 182 Å². The summed E-state index contributed by atoms with van der Waals surface area (Å²) in [7, 11) is -3.40. The number of sulfone groups is 1. The van der Waals surface area contributed by atoms with E-state index in [0.29, 0.717) is 19.5 Å². The number of aromatic nitrogens is 1. The van der Waals surface area contributed by atoms with Crippen molar-refractivity contribution in [2.45, 2.75) is 25.2 Å². The third-order valence-corrected chi connectivity index (χ3v) is 6.42. The number of hydrogen-bond acceptors (Lipinski definition) is 3. The molecule has 0 radical (unpaired) electrons. The molecule has 0 fully saturated rings. The van der Waals surface area contributed by atoms with Crippen LogP contribution in [0, 0.1) is 12.7 Å². The van der Waals surface area contributed by atoms with Crippen LogP contribution in [0.2, 0.25) is 0 Å². The number of nitrogens with zero attached hydrogens (tertiary/aromatic N) is 2. The summed E-state index contributed by atoms with van der Waals surface area (Å²) in [6.45, 7) is 4.69. The maximum atomic E-state index is 13.5. The second kappa shape index (κ2) is 8.93. The molecule has 0 saturated carbocycles. The van der Waals surface area contributed by atoms with Gasteiger partial charge in [-0.15, -0.1) is 0 Å². The summed E-state index contributed by atoms with van der Waals surface area (Å²) < 4.78 is 39.7. The van der Waals surface area contributed by atoms with Crippen molar-refractivity contribution in [1.82, 2.24) is 9.47 Å². The molecule has 0 saturated heterocycles. The van der Waals surface area contributed by atoms with Crippen molar-refractivity contribution in [3.8, 4) is 16.9 Å². The van der Waals surface area contributed by atoms with E-state index in [1.54, 1.807) is 35.2 Å². The maximum Gasteiger partial charge on any atom is 0.314 e. The Hall–Kier alpha value is -3.13. The van der Waals surface area contributed by atoms with Gasteiger partial charge >= 0.3 is 6.03 Å². The molecule has 0 atom stereocenters. The van der Waals surface area contributed by atoms with Crippen LogP contribution in [0.15, 0.2) is 59.6 Å². The number of urea groups is 1. The summed E-state index contributed by atoms with van der Waals surface area (Å²) in [6, 6.07) is 12.6. The van der Waals surface area contributed by atoms with Crippen LogP contribution in [0.3, 0.4) is 0 Å². The van der Waals surface area contributed by atoms with E-state index in [2.05, 4.69) is 0 Å². The van der Waals surface area contributed by atoms with Gasteiger partial charge in [0.15, 0.2) is 9.84 Å². The Morgan fingerprint density at radius 1 is 1.13 bits per heavy atom. The molecule has 0 unspecified atom stereocenters. The van der Waals surface area contributed by atoms with E-state index >= 15 is 0 Å². The zero-order valence-electron chi connectivity index (χ0n) is 17.8. The highest BCUT2D eigenvalue weighted by Crippen LogP contribution is 2.33. The summed E-state index contributed by atoms with van der Waals surface area (Å²) >= 11 is 0. The predicted molar refractivity (Wildman–Crippen MR) is 120 cm³/mol. The first kappa shape index (κ1) is 22.6. The number of amides is 2. The highest BCUT2D eigenvalue weighted by Gasteiger charge is 2.19. The van der Waals surface area contributed by atoms with Crippen molar-refractivity contribution < 1.29 is 17.6 Å². The fourth-order valence-electron chi connectivity index (χ4n) is 3.56. The van der Waals surface area contributed by atoms with Gasteiger partial charge in [-0.1, -0.05) is 6.07 Å². The fourth-order valence-corrected chi connectivity index (χ4v) is 4.21. The van der Waals surface area contributed by atoms with Crippen LogP contribution in [0.1, 0.15) is 18.1 Å². The van der Waals surface area contributed by atoms with Crippen molar-refractivity contribution in [2.24, 2.45) is 5.73 Å². The maximum absolute atomic E-state index is 13.5. The standard InChI is InChI=1S/C23H26FN3O3S/c1-4-26(23(25)28)13-11-17-12-14-27(19-8-6-18(24)7-9-19)22(17)21-15-20(31(3,29)30)10-5-16(21)2/h5-10,12,14-15H,4,11,13H2,1-3H3,(H2,25,28). The number of benzene rings is 2. The summed E-state index contributed by atoms with van der Waals surface area (Å²) in [4.78, 5) is 13.4. The number of likely N-dealkylation sites (N-methyl/N-ethyl adjacent to an activating group) is 1. The van der Waals surface area contributed by atoms with Gasteiger partial charge in [-0.25, -0.2) is 17.6 Å². The summed E-state index contributed by atoms with van der Waals surface area (Å²) in [5.41, 5.74) is 9.58. The van der Waals surface area contributed by atoms with Crippen LogP contribution >= 0.6 is 0 Å². The molecule has 6 nitrogen and oxygen atoms in total. The second-order valence-corrected chi connectivity index (χ2v) is 9.47. The molecule has 1 aromatic heterocycles.